The molecule has 1 unspecified atom stereocenters. The molecule has 0 heterocycles. The molecule has 0 aliphatic carbocycles. The summed E-state index contributed by atoms with van der Waals surface area (Å²) in [6.45, 7) is 8.54. The summed E-state index contributed by atoms with van der Waals surface area (Å²) in [5, 5.41) is 20.2. The van der Waals surface area contributed by atoms with E-state index in [1.165, 1.54) is 79.1 Å². The summed E-state index contributed by atoms with van der Waals surface area (Å²) < 4.78 is 5.48. The van der Waals surface area contributed by atoms with Crippen molar-refractivity contribution in [3.8, 4) is 0 Å². The molecule has 0 bridgehead atoms. The van der Waals surface area contributed by atoms with Crippen LogP contribution >= 0.6 is 11.8 Å². The summed E-state index contributed by atoms with van der Waals surface area (Å²) in [5.41, 5.74) is -0.431. The Hall–Kier alpha value is -2.48. The van der Waals surface area contributed by atoms with E-state index in [1.807, 2.05) is 18.2 Å². The minimum absolute atomic E-state index is 0.223. The van der Waals surface area contributed by atoms with E-state index in [-0.39, 0.29) is 29.2 Å². The van der Waals surface area contributed by atoms with Gasteiger partial charge in [0.25, 0.3) is 0 Å². The maximum absolute atomic E-state index is 12.8. The van der Waals surface area contributed by atoms with Crippen LogP contribution in [0.4, 0.5) is 0 Å². The molecule has 0 saturated heterocycles. The largest absolute Gasteiger partial charge is 0.466 e. The Bertz CT molecular complexity index is 1140. The number of rotatable bonds is 21. The number of hydrogen-bond donors (Lipinski definition) is 2. The van der Waals surface area contributed by atoms with Gasteiger partial charge in [0.2, 0.25) is 0 Å². The van der Waals surface area contributed by atoms with E-state index >= 15 is 0 Å². The van der Waals surface area contributed by atoms with Gasteiger partial charge in [0.15, 0.2) is 11.6 Å². The molecule has 1 atom stereocenters. The molecule has 0 radical (unpaired) electrons. The Morgan fingerprint density at radius 3 is 1.81 bits per heavy atom. The zero-order valence-corrected chi connectivity index (χ0v) is 27.6. The van der Waals surface area contributed by atoms with Crippen molar-refractivity contribution in [1.29, 1.82) is 0 Å². The average Bonchev–Trinajstić information content (AvgIpc) is 2.96. The number of esters is 1. The van der Waals surface area contributed by atoms with Crippen molar-refractivity contribution in [2.75, 3.05) is 12.4 Å². The third-order valence-electron chi connectivity index (χ3n) is 7.39. The molecule has 0 aliphatic heterocycles. The second kappa shape index (κ2) is 18.4. The van der Waals surface area contributed by atoms with E-state index in [0.29, 0.717) is 23.5 Å². The van der Waals surface area contributed by atoms with Crippen molar-refractivity contribution in [3.63, 3.8) is 0 Å². The molecule has 0 saturated carbocycles. The molecule has 2 rings (SSSR count). The quantitative estimate of drug-likeness (QED) is 0.0831. The number of carbonyl (C=O) groups excluding carboxylic acids is 3. The highest BCUT2D eigenvalue weighted by Gasteiger charge is 2.27. The SMILES string of the molecule is CCCCCCCCCCCCOC(=O)CCSC(c1ccc(C(=O)C(C)(C)O)cc1)c1cccc(C(=O)C(C)(C)O)c1. The highest BCUT2D eigenvalue weighted by Crippen LogP contribution is 2.37. The number of Topliss-reactive ketones (excluding diaryl/α,β-unsaturated/α-hetero) is 2. The van der Waals surface area contributed by atoms with E-state index in [0.717, 1.165) is 24.0 Å². The molecule has 7 heteroatoms. The summed E-state index contributed by atoms with van der Waals surface area (Å²) in [5.74, 6) is -0.458. The molecule has 0 aliphatic rings. The van der Waals surface area contributed by atoms with Gasteiger partial charge in [-0.15, -0.1) is 11.8 Å². The first-order chi connectivity index (χ1) is 20.3. The zero-order valence-electron chi connectivity index (χ0n) is 26.8. The van der Waals surface area contributed by atoms with Crippen molar-refractivity contribution < 1.29 is 29.3 Å². The lowest BCUT2D eigenvalue weighted by Crippen LogP contribution is -2.31. The van der Waals surface area contributed by atoms with Crippen molar-refractivity contribution in [1.82, 2.24) is 0 Å². The lowest BCUT2D eigenvalue weighted by atomic mass is 9.93. The van der Waals surface area contributed by atoms with Crippen LogP contribution in [-0.2, 0) is 9.53 Å². The standard InChI is InChI=1S/C36H52O6S/c1-6-7-8-9-10-11-12-13-14-15-24-42-31(37)23-25-43-32(27-19-21-28(22-20-27)33(38)35(2,3)40)29-17-16-18-30(26-29)34(39)36(4,5)41/h16-22,26,32,40-41H,6-15,23-25H2,1-5H3. The first kappa shape index (κ1) is 36.7. The molecule has 2 aromatic carbocycles. The summed E-state index contributed by atoms with van der Waals surface area (Å²) in [6, 6.07) is 14.2. The monoisotopic (exact) mass is 612 g/mol. The Morgan fingerprint density at radius 2 is 1.26 bits per heavy atom. The van der Waals surface area contributed by atoms with Crippen LogP contribution in [0.1, 0.15) is 142 Å². The summed E-state index contributed by atoms with van der Waals surface area (Å²) in [6.07, 6.45) is 12.5. The molecular formula is C36H52O6S. The van der Waals surface area contributed by atoms with Gasteiger partial charge in [0, 0.05) is 16.9 Å². The van der Waals surface area contributed by atoms with Gasteiger partial charge in [-0.1, -0.05) is 107 Å². The predicted octanol–water partition coefficient (Wildman–Crippen LogP) is 8.27. The van der Waals surface area contributed by atoms with E-state index in [2.05, 4.69) is 6.92 Å². The fraction of sp³-hybridized carbons (Fsp3) is 0.583. The molecule has 0 amide bonds. The Kier molecular flexibility index (Phi) is 15.7. The highest BCUT2D eigenvalue weighted by molar-refractivity contribution is 7.99. The summed E-state index contributed by atoms with van der Waals surface area (Å²) >= 11 is 1.55. The van der Waals surface area contributed by atoms with E-state index in [1.54, 1.807) is 42.1 Å². The summed E-state index contributed by atoms with van der Waals surface area (Å²) in [7, 11) is 0. The fourth-order valence-corrected chi connectivity index (χ4v) is 6.06. The van der Waals surface area contributed by atoms with Gasteiger partial charge in [-0.2, -0.15) is 0 Å². The number of ether oxygens (including phenoxy) is 1. The molecule has 43 heavy (non-hydrogen) atoms. The number of hydrogen-bond acceptors (Lipinski definition) is 7. The highest BCUT2D eigenvalue weighted by atomic mass is 32.2. The van der Waals surface area contributed by atoms with Crippen LogP contribution in [-0.4, -0.2) is 51.3 Å². The molecule has 2 aromatic rings. The van der Waals surface area contributed by atoms with E-state index < -0.39 is 11.2 Å². The number of benzene rings is 2. The van der Waals surface area contributed by atoms with Crippen LogP contribution in [0.3, 0.4) is 0 Å². The van der Waals surface area contributed by atoms with Gasteiger partial charge in [-0.3, -0.25) is 14.4 Å². The molecule has 6 nitrogen and oxygen atoms in total. The van der Waals surface area contributed by atoms with Gasteiger partial charge in [0.05, 0.1) is 18.3 Å². The van der Waals surface area contributed by atoms with Crippen LogP contribution in [0.5, 0.6) is 0 Å². The number of ketones is 2. The van der Waals surface area contributed by atoms with Crippen molar-refractivity contribution in [3.05, 3.63) is 70.8 Å². The maximum atomic E-state index is 12.8. The Labute approximate surface area is 263 Å². The molecule has 0 fully saturated rings. The van der Waals surface area contributed by atoms with Crippen LogP contribution in [0, 0.1) is 0 Å². The zero-order chi connectivity index (χ0) is 31.9. The molecule has 0 aromatic heterocycles. The molecule has 238 valence electrons. The fourth-order valence-electron chi connectivity index (χ4n) is 4.85. The third-order valence-corrected chi connectivity index (χ3v) is 8.71. The normalized spacial score (nSPS) is 12.6. The number of unbranched alkanes of at least 4 members (excludes halogenated alkanes) is 9. The number of thioether (sulfide) groups is 1. The lowest BCUT2D eigenvalue weighted by molar-refractivity contribution is -0.143. The predicted molar refractivity (Wildman–Crippen MR) is 176 cm³/mol. The Morgan fingerprint density at radius 1 is 0.721 bits per heavy atom. The minimum atomic E-state index is -1.50. The maximum Gasteiger partial charge on any atom is 0.306 e. The first-order valence-electron chi connectivity index (χ1n) is 15.9. The molecular weight excluding hydrogens is 560 g/mol. The van der Waals surface area contributed by atoms with Crippen molar-refractivity contribution in [2.24, 2.45) is 0 Å². The first-order valence-corrected chi connectivity index (χ1v) is 16.9. The van der Waals surface area contributed by atoms with Crippen molar-refractivity contribution in [2.45, 2.75) is 122 Å². The second-order valence-electron chi connectivity index (χ2n) is 12.4. The van der Waals surface area contributed by atoms with Gasteiger partial charge in [-0.05, 0) is 51.3 Å². The number of carbonyl (C=O) groups is 3. The van der Waals surface area contributed by atoms with Gasteiger partial charge >= 0.3 is 5.97 Å². The Balaban J connectivity index is 1.96. The minimum Gasteiger partial charge on any atom is -0.466 e. The van der Waals surface area contributed by atoms with Crippen molar-refractivity contribution >= 4 is 29.3 Å². The molecule has 0 spiro atoms. The topological polar surface area (TPSA) is 101 Å². The summed E-state index contributed by atoms with van der Waals surface area (Å²) in [4.78, 5) is 37.7. The van der Waals surface area contributed by atoms with E-state index in [9.17, 15) is 24.6 Å². The van der Waals surface area contributed by atoms with Gasteiger partial charge in [-0.25, -0.2) is 0 Å². The van der Waals surface area contributed by atoms with Gasteiger partial charge < -0.3 is 14.9 Å². The van der Waals surface area contributed by atoms with Crippen LogP contribution < -0.4 is 0 Å². The number of aliphatic hydroxyl groups is 2. The lowest BCUT2D eigenvalue weighted by Gasteiger charge is -2.21. The van der Waals surface area contributed by atoms with Crippen LogP contribution in [0.15, 0.2) is 48.5 Å². The molecule has 2 N–H and O–H groups in total. The average molecular weight is 613 g/mol. The van der Waals surface area contributed by atoms with Gasteiger partial charge in [0.1, 0.15) is 11.2 Å². The van der Waals surface area contributed by atoms with Crippen LogP contribution in [0.2, 0.25) is 0 Å². The third kappa shape index (κ3) is 13.4. The second-order valence-corrected chi connectivity index (χ2v) is 13.6. The smallest absolute Gasteiger partial charge is 0.306 e. The van der Waals surface area contributed by atoms with Crippen LogP contribution in [0.25, 0.3) is 0 Å². The van der Waals surface area contributed by atoms with E-state index in [4.69, 9.17) is 4.74 Å².